The predicted octanol–water partition coefficient (Wildman–Crippen LogP) is 2.84. The van der Waals surface area contributed by atoms with Gasteiger partial charge in [0.25, 0.3) is 0 Å². The predicted molar refractivity (Wildman–Crippen MR) is 47.4 cm³/mol. The van der Waals surface area contributed by atoms with Crippen molar-refractivity contribution in [3.63, 3.8) is 0 Å². The van der Waals surface area contributed by atoms with Crippen LogP contribution in [-0.4, -0.2) is 0 Å². The fourth-order valence-corrected chi connectivity index (χ4v) is 1.88. The van der Waals surface area contributed by atoms with E-state index in [0.717, 1.165) is 5.69 Å². The SMILES string of the molecule is CC[C@H](C)c1sccc1N. The molecule has 1 aromatic rings. The molecule has 0 bridgehead atoms. The van der Waals surface area contributed by atoms with Gasteiger partial charge in [0.1, 0.15) is 0 Å². The van der Waals surface area contributed by atoms with E-state index >= 15 is 0 Å². The van der Waals surface area contributed by atoms with E-state index < -0.39 is 0 Å². The molecule has 0 saturated heterocycles. The molecule has 1 atom stereocenters. The normalized spacial score (nSPS) is 13.4. The molecule has 2 N–H and O–H groups in total. The van der Waals surface area contributed by atoms with Gasteiger partial charge in [-0.15, -0.1) is 11.3 Å². The fourth-order valence-electron chi connectivity index (χ4n) is 0.917. The van der Waals surface area contributed by atoms with Crippen molar-refractivity contribution in [2.24, 2.45) is 0 Å². The lowest BCUT2D eigenvalue weighted by molar-refractivity contribution is 0.750. The molecule has 0 unspecified atom stereocenters. The first-order valence-corrected chi connectivity index (χ1v) is 4.46. The van der Waals surface area contributed by atoms with E-state index in [1.165, 1.54) is 11.3 Å². The van der Waals surface area contributed by atoms with E-state index in [2.05, 4.69) is 19.2 Å². The molecule has 1 heterocycles. The number of nitrogen functional groups attached to an aromatic ring is 1. The Hall–Kier alpha value is -0.500. The van der Waals surface area contributed by atoms with E-state index in [1.54, 1.807) is 11.3 Å². The summed E-state index contributed by atoms with van der Waals surface area (Å²) in [6, 6.07) is 1.98. The van der Waals surface area contributed by atoms with E-state index in [1.807, 2.05) is 6.07 Å². The van der Waals surface area contributed by atoms with Crippen LogP contribution in [-0.2, 0) is 0 Å². The van der Waals surface area contributed by atoms with Crippen LogP contribution in [0.5, 0.6) is 0 Å². The van der Waals surface area contributed by atoms with Gasteiger partial charge in [-0.1, -0.05) is 13.8 Å². The van der Waals surface area contributed by atoms with Crippen molar-refractivity contribution in [2.45, 2.75) is 26.2 Å². The Morgan fingerprint density at radius 2 is 2.40 bits per heavy atom. The van der Waals surface area contributed by atoms with E-state index in [0.29, 0.717) is 5.92 Å². The van der Waals surface area contributed by atoms with Crippen LogP contribution in [0.25, 0.3) is 0 Å². The summed E-state index contributed by atoms with van der Waals surface area (Å²) in [6.45, 7) is 4.39. The molecular weight excluding hydrogens is 142 g/mol. The third-order valence-corrected chi connectivity index (χ3v) is 2.95. The second-order valence-electron chi connectivity index (χ2n) is 2.55. The Kier molecular flexibility index (Phi) is 2.33. The van der Waals surface area contributed by atoms with Crippen molar-refractivity contribution in [1.29, 1.82) is 0 Å². The first-order valence-electron chi connectivity index (χ1n) is 3.58. The zero-order valence-electron chi connectivity index (χ0n) is 6.42. The van der Waals surface area contributed by atoms with Gasteiger partial charge < -0.3 is 5.73 Å². The smallest absolute Gasteiger partial charge is 0.0458 e. The standard InChI is InChI=1S/C8H13NS/c1-3-6(2)8-7(9)4-5-10-8/h4-6H,3,9H2,1-2H3/t6-/m0/s1. The summed E-state index contributed by atoms with van der Waals surface area (Å²) in [4.78, 5) is 1.34. The minimum Gasteiger partial charge on any atom is -0.398 e. The van der Waals surface area contributed by atoms with Gasteiger partial charge in [0, 0.05) is 10.6 Å². The number of thiophene rings is 1. The zero-order valence-corrected chi connectivity index (χ0v) is 7.24. The molecule has 0 amide bonds. The van der Waals surface area contributed by atoms with Crippen LogP contribution in [0.2, 0.25) is 0 Å². The van der Waals surface area contributed by atoms with Crippen LogP contribution in [0.15, 0.2) is 11.4 Å². The molecule has 0 radical (unpaired) electrons. The Morgan fingerprint density at radius 1 is 1.70 bits per heavy atom. The second-order valence-corrected chi connectivity index (χ2v) is 3.50. The third kappa shape index (κ3) is 1.32. The largest absolute Gasteiger partial charge is 0.398 e. The van der Waals surface area contributed by atoms with Crippen molar-refractivity contribution in [3.8, 4) is 0 Å². The zero-order chi connectivity index (χ0) is 7.56. The first kappa shape index (κ1) is 7.61. The summed E-state index contributed by atoms with van der Waals surface area (Å²) in [5, 5.41) is 2.05. The summed E-state index contributed by atoms with van der Waals surface area (Å²) in [5.74, 6) is 0.625. The molecule has 0 spiro atoms. The molecule has 0 fully saturated rings. The van der Waals surface area contributed by atoms with E-state index in [9.17, 15) is 0 Å². The van der Waals surface area contributed by atoms with E-state index in [4.69, 9.17) is 5.73 Å². The minimum absolute atomic E-state index is 0.625. The van der Waals surface area contributed by atoms with Crippen LogP contribution in [0, 0.1) is 0 Å². The average molecular weight is 155 g/mol. The molecule has 10 heavy (non-hydrogen) atoms. The van der Waals surface area contributed by atoms with Crippen molar-refractivity contribution in [1.82, 2.24) is 0 Å². The lowest BCUT2D eigenvalue weighted by Crippen LogP contribution is -1.92. The molecule has 0 aromatic carbocycles. The molecule has 0 saturated carbocycles. The van der Waals surface area contributed by atoms with Crippen molar-refractivity contribution >= 4 is 17.0 Å². The van der Waals surface area contributed by atoms with Crippen LogP contribution < -0.4 is 5.73 Å². The van der Waals surface area contributed by atoms with Gasteiger partial charge in [-0.2, -0.15) is 0 Å². The number of nitrogens with two attached hydrogens (primary N) is 1. The van der Waals surface area contributed by atoms with Crippen molar-refractivity contribution in [2.75, 3.05) is 5.73 Å². The summed E-state index contributed by atoms with van der Waals surface area (Å²) in [6.07, 6.45) is 1.17. The molecule has 0 aliphatic carbocycles. The number of hydrogen-bond acceptors (Lipinski definition) is 2. The van der Waals surface area contributed by atoms with Gasteiger partial charge in [0.2, 0.25) is 0 Å². The Balaban J connectivity index is 2.82. The molecule has 0 aliphatic rings. The summed E-state index contributed by atoms with van der Waals surface area (Å²) in [5.41, 5.74) is 6.69. The van der Waals surface area contributed by atoms with Gasteiger partial charge in [0.05, 0.1) is 0 Å². The van der Waals surface area contributed by atoms with Gasteiger partial charge >= 0.3 is 0 Å². The minimum atomic E-state index is 0.625. The highest BCUT2D eigenvalue weighted by Gasteiger charge is 2.06. The monoisotopic (exact) mass is 155 g/mol. The Labute approximate surface area is 65.9 Å². The highest BCUT2D eigenvalue weighted by atomic mass is 32.1. The number of rotatable bonds is 2. The van der Waals surface area contributed by atoms with Gasteiger partial charge in [0.15, 0.2) is 0 Å². The highest BCUT2D eigenvalue weighted by Crippen LogP contribution is 2.29. The second kappa shape index (κ2) is 3.06. The molecule has 2 heteroatoms. The van der Waals surface area contributed by atoms with Crippen LogP contribution in [0.4, 0.5) is 5.69 Å². The fraction of sp³-hybridized carbons (Fsp3) is 0.500. The number of hydrogen-bond donors (Lipinski definition) is 1. The topological polar surface area (TPSA) is 26.0 Å². The van der Waals surface area contributed by atoms with Crippen LogP contribution in [0.1, 0.15) is 31.1 Å². The quantitative estimate of drug-likeness (QED) is 0.698. The molecule has 56 valence electrons. The Morgan fingerprint density at radius 3 is 2.80 bits per heavy atom. The molecule has 0 aliphatic heterocycles. The maximum atomic E-state index is 5.73. The summed E-state index contributed by atoms with van der Waals surface area (Å²) >= 11 is 1.76. The Bertz CT molecular complexity index is 205. The van der Waals surface area contributed by atoms with Crippen LogP contribution >= 0.6 is 11.3 Å². The lowest BCUT2D eigenvalue weighted by Gasteiger charge is -2.05. The summed E-state index contributed by atoms with van der Waals surface area (Å²) < 4.78 is 0. The maximum Gasteiger partial charge on any atom is 0.0458 e. The lowest BCUT2D eigenvalue weighted by atomic mass is 10.1. The molecular formula is C8H13NS. The summed E-state index contributed by atoms with van der Waals surface area (Å²) in [7, 11) is 0. The molecule has 1 aromatic heterocycles. The van der Waals surface area contributed by atoms with E-state index in [-0.39, 0.29) is 0 Å². The van der Waals surface area contributed by atoms with Gasteiger partial charge in [-0.25, -0.2) is 0 Å². The van der Waals surface area contributed by atoms with Crippen molar-refractivity contribution < 1.29 is 0 Å². The molecule has 1 nitrogen and oxygen atoms in total. The highest BCUT2D eigenvalue weighted by molar-refractivity contribution is 7.10. The molecule has 1 rings (SSSR count). The van der Waals surface area contributed by atoms with Crippen LogP contribution in [0.3, 0.4) is 0 Å². The van der Waals surface area contributed by atoms with Gasteiger partial charge in [-0.3, -0.25) is 0 Å². The average Bonchev–Trinajstić information content (AvgIpc) is 2.34. The first-order chi connectivity index (χ1) is 4.75. The maximum absolute atomic E-state index is 5.73. The van der Waals surface area contributed by atoms with Gasteiger partial charge in [-0.05, 0) is 23.8 Å². The van der Waals surface area contributed by atoms with Crippen molar-refractivity contribution in [3.05, 3.63) is 16.3 Å². The number of anilines is 1. The third-order valence-electron chi connectivity index (χ3n) is 1.79.